The quantitative estimate of drug-likeness (QED) is 0.246. The van der Waals surface area contributed by atoms with Crippen LogP contribution in [0.3, 0.4) is 0 Å². The Bertz CT molecular complexity index is 696. The van der Waals surface area contributed by atoms with E-state index in [-0.39, 0.29) is 30.1 Å². The molecule has 0 radical (unpaired) electrons. The molecule has 210 valence electrons. The van der Waals surface area contributed by atoms with E-state index in [1.807, 2.05) is 0 Å². The van der Waals surface area contributed by atoms with Gasteiger partial charge in [-0.15, -0.1) is 11.6 Å². The highest BCUT2D eigenvalue weighted by atomic mass is 35.5. The zero-order valence-electron chi connectivity index (χ0n) is 19.8. The van der Waals surface area contributed by atoms with Crippen molar-refractivity contribution in [1.29, 1.82) is 0 Å². The van der Waals surface area contributed by atoms with E-state index in [9.17, 15) is 30.7 Å². The Balaban J connectivity index is 1.37. The summed E-state index contributed by atoms with van der Waals surface area (Å²) in [5.74, 6) is -5.10. The number of ether oxygens (including phenoxy) is 1. The lowest BCUT2D eigenvalue weighted by molar-refractivity contribution is -0.323. The highest BCUT2D eigenvalue weighted by Gasteiger charge is 2.58. The molecule has 8 unspecified atom stereocenters. The van der Waals surface area contributed by atoms with Crippen molar-refractivity contribution in [3.05, 3.63) is 0 Å². The molecule has 0 aromatic heterocycles. The molecule has 8 atom stereocenters. The number of hydrogen-bond donors (Lipinski definition) is 0. The van der Waals surface area contributed by atoms with Crippen LogP contribution in [0.2, 0.25) is 0 Å². The zero-order valence-corrected chi connectivity index (χ0v) is 20.6. The van der Waals surface area contributed by atoms with E-state index in [1.165, 1.54) is 0 Å². The van der Waals surface area contributed by atoms with E-state index in [4.69, 9.17) is 11.6 Å². The van der Waals surface area contributed by atoms with E-state index >= 15 is 8.78 Å². The molecule has 0 saturated heterocycles. The van der Waals surface area contributed by atoms with Crippen molar-refractivity contribution in [3.63, 3.8) is 0 Å². The van der Waals surface area contributed by atoms with Gasteiger partial charge in [0.15, 0.2) is 6.17 Å². The van der Waals surface area contributed by atoms with Crippen LogP contribution in [-0.4, -0.2) is 60.8 Å². The second-order valence-electron chi connectivity index (χ2n) is 11.4. The standard InChI is InChI=1S/C25H34ClF9O/c26-14-3-1-2-11(4-14)12-5-16(27)22(17(28)6-12)13-7-18(29)23(19(30)8-13)25(34,35)36-15-9-20(31)24(33)21(32)10-15/h11-24H,1-10H2. The number of hydrogen-bond acceptors (Lipinski definition) is 1. The van der Waals surface area contributed by atoms with E-state index in [1.54, 1.807) is 0 Å². The Hall–Kier alpha value is -0.380. The zero-order chi connectivity index (χ0) is 26.4. The summed E-state index contributed by atoms with van der Waals surface area (Å²) >= 11 is 6.22. The Morgan fingerprint density at radius 3 is 1.64 bits per heavy atom. The first kappa shape index (κ1) is 28.6. The van der Waals surface area contributed by atoms with Crippen LogP contribution in [0.4, 0.5) is 39.5 Å². The minimum atomic E-state index is -4.42. The lowest BCUT2D eigenvalue weighted by atomic mass is 9.63. The van der Waals surface area contributed by atoms with E-state index < -0.39 is 98.9 Å². The molecule has 0 aliphatic heterocycles. The summed E-state index contributed by atoms with van der Waals surface area (Å²) in [6.45, 7) is 0. The fourth-order valence-corrected chi connectivity index (χ4v) is 7.58. The van der Waals surface area contributed by atoms with Crippen LogP contribution in [-0.2, 0) is 4.74 Å². The summed E-state index contributed by atoms with van der Waals surface area (Å²) in [5.41, 5.74) is 0. The number of alkyl halides is 10. The molecule has 0 spiro atoms. The molecular formula is C25H34ClF9O. The molecular weight excluding hydrogens is 523 g/mol. The molecule has 0 N–H and O–H groups in total. The minimum Gasteiger partial charge on any atom is -0.317 e. The summed E-state index contributed by atoms with van der Waals surface area (Å²) in [5, 5.41) is -0.0325. The van der Waals surface area contributed by atoms with Crippen molar-refractivity contribution in [2.45, 2.75) is 125 Å². The summed E-state index contributed by atoms with van der Waals surface area (Å²) in [6, 6.07) is 0. The van der Waals surface area contributed by atoms with Crippen molar-refractivity contribution >= 4 is 11.6 Å². The highest BCUT2D eigenvalue weighted by molar-refractivity contribution is 6.20. The highest BCUT2D eigenvalue weighted by Crippen LogP contribution is 2.51. The van der Waals surface area contributed by atoms with Crippen molar-refractivity contribution in [2.24, 2.45) is 29.6 Å². The second kappa shape index (κ2) is 11.4. The Labute approximate surface area is 210 Å². The Kier molecular flexibility index (Phi) is 9.05. The van der Waals surface area contributed by atoms with Crippen molar-refractivity contribution in [1.82, 2.24) is 0 Å². The van der Waals surface area contributed by atoms with Crippen LogP contribution in [0.15, 0.2) is 0 Å². The second-order valence-corrected chi connectivity index (χ2v) is 12.0. The van der Waals surface area contributed by atoms with Gasteiger partial charge < -0.3 is 4.74 Å². The monoisotopic (exact) mass is 556 g/mol. The number of halogens is 10. The van der Waals surface area contributed by atoms with Gasteiger partial charge in [0, 0.05) is 24.1 Å². The molecule has 4 saturated carbocycles. The maximum Gasteiger partial charge on any atom is 0.364 e. The molecule has 11 heteroatoms. The first-order valence-electron chi connectivity index (χ1n) is 13.1. The Morgan fingerprint density at radius 1 is 0.583 bits per heavy atom. The summed E-state index contributed by atoms with van der Waals surface area (Å²) in [4.78, 5) is 0. The van der Waals surface area contributed by atoms with Gasteiger partial charge in [0.05, 0.1) is 6.10 Å². The van der Waals surface area contributed by atoms with Crippen LogP contribution in [0, 0.1) is 29.6 Å². The average Bonchev–Trinajstić information content (AvgIpc) is 2.76. The molecule has 0 amide bonds. The number of rotatable bonds is 5. The third-order valence-electron chi connectivity index (χ3n) is 8.97. The van der Waals surface area contributed by atoms with Crippen LogP contribution in [0.1, 0.15) is 64.2 Å². The predicted molar refractivity (Wildman–Crippen MR) is 117 cm³/mol. The molecule has 4 fully saturated rings. The van der Waals surface area contributed by atoms with Crippen LogP contribution < -0.4 is 0 Å². The average molecular weight is 557 g/mol. The lowest BCUT2D eigenvalue weighted by Gasteiger charge is -2.46. The topological polar surface area (TPSA) is 9.23 Å². The summed E-state index contributed by atoms with van der Waals surface area (Å²) in [6.07, 6.45) is -21.3. The van der Waals surface area contributed by atoms with Crippen molar-refractivity contribution < 1.29 is 44.3 Å². The lowest BCUT2D eigenvalue weighted by Crippen LogP contribution is -2.53. The predicted octanol–water partition coefficient (Wildman–Crippen LogP) is 7.97. The largest absolute Gasteiger partial charge is 0.364 e. The van der Waals surface area contributed by atoms with Gasteiger partial charge in [-0.3, -0.25) is 0 Å². The Morgan fingerprint density at radius 2 is 1.11 bits per heavy atom. The van der Waals surface area contributed by atoms with E-state index in [0.717, 1.165) is 19.3 Å². The first-order valence-corrected chi connectivity index (χ1v) is 13.5. The van der Waals surface area contributed by atoms with Crippen LogP contribution >= 0.6 is 11.6 Å². The molecule has 1 nitrogen and oxygen atoms in total. The van der Waals surface area contributed by atoms with Crippen molar-refractivity contribution in [2.75, 3.05) is 0 Å². The summed E-state index contributed by atoms with van der Waals surface area (Å²) in [7, 11) is 0. The fraction of sp³-hybridized carbons (Fsp3) is 1.00. The van der Waals surface area contributed by atoms with Crippen LogP contribution in [0.5, 0.6) is 0 Å². The first-order chi connectivity index (χ1) is 16.9. The summed E-state index contributed by atoms with van der Waals surface area (Å²) < 4.78 is 135. The molecule has 36 heavy (non-hydrogen) atoms. The normalized spacial score (nSPS) is 51.2. The molecule has 0 bridgehead atoms. The minimum absolute atomic E-state index is 0.0325. The van der Waals surface area contributed by atoms with Gasteiger partial charge in [-0.1, -0.05) is 12.8 Å². The molecule has 0 aromatic rings. The van der Waals surface area contributed by atoms with Gasteiger partial charge in [0.2, 0.25) is 0 Å². The maximum atomic E-state index is 15.2. The van der Waals surface area contributed by atoms with Gasteiger partial charge in [0.25, 0.3) is 0 Å². The molecule has 4 rings (SSSR count). The van der Waals surface area contributed by atoms with Gasteiger partial charge in [-0.25, -0.2) is 30.7 Å². The van der Waals surface area contributed by atoms with E-state index in [0.29, 0.717) is 6.42 Å². The smallest absolute Gasteiger partial charge is 0.317 e. The molecule has 0 aromatic carbocycles. The van der Waals surface area contributed by atoms with Gasteiger partial charge >= 0.3 is 6.11 Å². The van der Waals surface area contributed by atoms with Gasteiger partial charge in [-0.2, -0.15) is 8.78 Å². The molecule has 4 aliphatic carbocycles. The van der Waals surface area contributed by atoms with Gasteiger partial charge in [0.1, 0.15) is 42.9 Å². The molecule has 0 heterocycles. The SMILES string of the molecule is FC1CC(OC(F)(F)C2C(F)CC(C3C(F)CC(C4CCCC(Cl)C4)CC3F)CC2F)CC(F)C1F. The van der Waals surface area contributed by atoms with Gasteiger partial charge in [-0.05, 0) is 56.3 Å². The third kappa shape index (κ3) is 6.09. The molecule has 4 aliphatic rings. The van der Waals surface area contributed by atoms with Crippen LogP contribution in [0.25, 0.3) is 0 Å². The van der Waals surface area contributed by atoms with E-state index in [2.05, 4.69) is 4.74 Å². The maximum absolute atomic E-state index is 15.2. The van der Waals surface area contributed by atoms with Crippen molar-refractivity contribution in [3.8, 4) is 0 Å². The fourth-order valence-electron chi connectivity index (χ4n) is 7.20. The third-order valence-corrected chi connectivity index (χ3v) is 9.36.